The average Bonchev–Trinajstić information content (AvgIpc) is 2.98. The molecule has 1 aliphatic heterocycles. The molecule has 1 saturated heterocycles. The van der Waals surface area contributed by atoms with Crippen molar-refractivity contribution in [3.63, 3.8) is 0 Å². The predicted octanol–water partition coefficient (Wildman–Crippen LogP) is 1.76. The Balaban J connectivity index is 1.84. The maximum atomic E-state index is 13.5. The van der Waals surface area contributed by atoms with E-state index >= 15 is 0 Å². The number of rotatable bonds is 6. The molecular formula is C21H32N2O5S. The molecule has 1 heterocycles. The minimum atomic E-state index is -3.91. The Hall–Kier alpha value is -1.48. The molecule has 0 aromatic heterocycles. The normalized spacial score (nSPS) is 27.7. The van der Waals surface area contributed by atoms with Crippen molar-refractivity contribution in [2.45, 2.75) is 76.1 Å². The summed E-state index contributed by atoms with van der Waals surface area (Å²) >= 11 is 0. The first kappa shape index (κ1) is 22.2. The van der Waals surface area contributed by atoms with E-state index in [1.165, 1.54) is 4.31 Å². The van der Waals surface area contributed by atoms with Crippen molar-refractivity contribution in [3.05, 3.63) is 28.8 Å². The van der Waals surface area contributed by atoms with Gasteiger partial charge in [-0.3, -0.25) is 4.79 Å². The standard InChI is InChI=1S/C21H32N2O5S/c1-6-28-18-9-16(10-18)22(5)21(25)19-11-17(24)12-23(19)29(26,27)20-14(3)7-13(2)8-15(20)4/h7-8,16-19,24H,6,9-12H2,1-5H3/t16?,17?,18?,19-/m0/s1. The second-order valence-electron chi connectivity index (χ2n) is 8.36. The molecule has 8 heteroatoms. The Labute approximate surface area is 173 Å². The molecule has 1 aromatic rings. The number of likely N-dealkylation sites (N-methyl/N-ethyl adjacent to an activating group) is 1. The number of aryl methyl sites for hydroxylation is 3. The first-order valence-corrected chi connectivity index (χ1v) is 11.7. The van der Waals surface area contributed by atoms with E-state index in [1.807, 2.05) is 26.0 Å². The van der Waals surface area contributed by atoms with Gasteiger partial charge in [-0.1, -0.05) is 17.7 Å². The van der Waals surface area contributed by atoms with Gasteiger partial charge < -0.3 is 14.7 Å². The molecule has 0 spiro atoms. The smallest absolute Gasteiger partial charge is 0.244 e. The summed E-state index contributed by atoms with van der Waals surface area (Å²) in [5.74, 6) is -0.257. The van der Waals surface area contributed by atoms with Crippen LogP contribution in [-0.2, 0) is 19.6 Å². The van der Waals surface area contributed by atoms with E-state index in [-0.39, 0.29) is 35.9 Å². The minimum Gasteiger partial charge on any atom is -0.392 e. The van der Waals surface area contributed by atoms with Gasteiger partial charge in [0.2, 0.25) is 15.9 Å². The van der Waals surface area contributed by atoms with Crippen LogP contribution in [0.15, 0.2) is 17.0 Å². The number of carbonyl (C=O) groups is 1. The Morgan fingerprint density at radius 1 is 1.21 bits per heavy atom. The van der Waals surface area contributed by atoms with E-state index in [2.05, 4.69) is 0 Å². The van der Waals surface area contributed by atoms with Crippen LogP contribution in [0.5, 0.6) is 0 Å². The topological polar surface area (TPSA) is 87.2 Å². The molecule has 0 radical (unpaired) electrons. The Bertz CT molecular complexity index is 856. The molecule has 29 heavy (non-hydrogen) atoms. The number of hydrogen-bond donors (Lipinski definition) is 1. The number of sulfonamides is 1. The lowest BCUT2D eigenvalue weighted by Gasteiger charge is -2.42. The predicted molar refractivity (Wildman–Crippen MR) is 110 cm³/mol. The van der Waals surface area contributed by atoms with Crippen molar-refractivity contribution >= 4 is 15.9 Å². The molecule has 0 bridgehead atoms. The highest BCUT2D eigenvalue weighted by Crippen LogP contribution is 2.33. The first-order valence-electron chi connectivity index (χ1n) is 10.2. The molecule has 2 aliphatic rings. The highest BCUT2D eigenvalue weighted by atomic mass is 32.2. The number of ether oxygens (including phenoxy) is 1. The van der Waals surface area contributed by atoms with Crippen LogP contribution in [0.2, 0.25) is 0 Å². The van der Waals surface area contributed by atoms with Gasteiger partial charge in [-0.05, 0) is 51.7 Å². The van der Waals surface area contributed by atoms with Crippen LogP contribution in [-0.4, -0.2) is 73.1 Å². The molecule has 1 saturated carbocycles. The van der Waals surface area contributed by atoms with E-state index in [0.29, 0.717) is 17.7 Å². The molecule has 3 rings (SSSR count). The molecule has 7 nitrogen and oxygen atoms in total. The zero-order valence-corrected chi connectivity index (χ0v) is 18.7. The van der Waals surface area contributed by atoms with Crippen LogP contribution in [0.3, 0.4) is 0 Å². The number of carbonyl (C=O) groups excluding carboxylic acids is 1. The summed E-state index contributed by atoms with van der Waals surface area (Å²) in [6, 6.07) is 2.82. The minimum absolute atomic E-state index is 0.0456. The lowest BCUT2D eigenvalue weighted by molar-refractivity contribution is -0.140. The third-order valence-corrected chi connectivity index (χ3v) is 8.24. The fourth-order valence-electron chi connectivity index (χ4n) is 4.61. The fourth-order valence-corrected chi connectivity index (χ4v) is 6.65. The Morgan fingerprint density at radius 3 is 2.34 bits per heavy atom. The van der Waals surface area contributed by atoms with E-state index in [1.54, 1.807) is 25.8 Å². The van der Waals surface area contributed by atoms with Crippen LogP contribution in [0.4, 0.5) is 0 Å². The average molecular weight is 425 g/mol. The van der Waals surface area contributed by atoms with Gasteiger partial charge in [0.25, 0.3) is 0 Å². The van der Waals surface area contributed by atoms with Crippen molar-refractivity contribution in [3.8, 4) is 0 Å². The van der Waals surface area contributed by atoms with Gasteiger partial charge in [0.15, 0.2) is 0 Å². The zero-order valence-electron chi connectivity index (χ0n) is 17.9. The summed E-state index contributed by atoms with van der Waals surface area (Å²) in [4.78, 5) is 15.0. The van der Waals surface area contributed by atoms with Crippen LogP contribution < -0.4 is 0 Å². The Kier molecular flexibility index (Phi) is 6.38. The molecule has 1 N–H and O–H groups in total. The maximum Gasteiger partial charge on any atom is 0.244 e. The number of benzene rings is 1. The van der Waals surface area contributed by atoms with Gasteiger partial charge >= 0.3 is 0 Å². The van der Waals surface area contributed by atoms with Crippen LogP contribution in [0, 0.1) is 20.8 Å². The van der Waals surface area contributed by atoms with Crippen molar-refractivity contribution in [2.75, 3.05) is 20.2 Å². The molecule has 1 amide bonds. The van der Waals surface area contributed by atoms with Crippen molar-refractivity contribution in [1.29, 1.82) is 0 Å². The van der Waals surface area contributed by atoms with Gasteiger partial charge in [0.05, 0.1) is 17.1 Å². The van der Waals surface area contributed by atoms with E-state index in [0.717, 1.165) is 18.4 Å². The van der Waals surface area contributed by atoms with Gasteiger partial charge in [-0.2, -0.15) is 4.31 Å². The molecule has 1 unspecified atom stereocenters. The number of β-amino-alcohol motifs (C(OH)–C–C–N with tert-alkyl or cyclic N) is 1. The lowest BCUT2D eigenvalue weighted by atomic mass is 9.87. The summed E-state index contributed by atoms with van der Waals surface area (Å²) < 4.78 is 33.7. The molecule has 1 aliphatic carbocycles. The van der Waals surface area contributed by atoms with E-state index < -0.39 is 22.2 Å². The summed E-state index contributed by atoms with van der Waals surface area (Å²) in [5.41, 5.74) is 2.30. The van der Waals surface area contributed by atoms with Crippen LogP contribution >= 0.6 is 0 Å². The second kappa shape index (κ2) is 8.34. The third-order valence-electron chi connectivity index (χ3n) is 6.06. The third kappa shape index (κ3) is 4.21. The molecule has 162 valence electrons. The number of nitrogens with zero attached hydrogens (tertiary/aromatic N) is 2. The molecule has 2 fully saturated rings. The first-order chi connectivity index (χ1) is 13.6. The summed E-state index contributed by atoms with van der Waals surface area (Å²) in [6.45, 7) is 7.98. The van der Waals surface area contributed by atoms with Crippen molar-refractivity contribution in [2.24, 2.45) is 0 Å². The monoisotopic (exact) mass is 424 g/mol. The number of aliphatic hydroxyl groups excluding tert-OH is 1. The van der Waals surface area contributed by atoms with Gasteiger partial charge in [-0.25, -0.2) is 8.42 Å². The quantitative estimate of drug-likeness (QED) is 0.752. The fraction of sp³-hybridized carbons (Fsp3) is 0.667. The largest absolute Gasteiger partial charge is 0.392 e. The summed E-state index contributed by atoms with van der Waals surface area (Å²) in [7, 11) is -2.19. The zero-order chi connectivity index (χ0) is 21.5. The summed E-state index contributed by atoms with van der Waals surface area (Å²) in [6.07, 6.45) is 0.944. The van der Waals surface area contributed by atoms with Crippen LogP contribution in [0.25, 0.3) is 0 Å². The van der Waals surface area contributed by atoms with Gasteiger partial charge in [-0.15, -0.1) is 0 Å². The van der Waals surface area contributed by atoms with Crippen molar-refractivity contribution in [1.82, 2.24) is 9.21 Å². The lowest BCUT2D eigenvalue weighted by Crippen LogP contribution is -2.54. The SMILES string of the molecule is CCOC1CC(N(C)C(=O)[C@@H]2CC(O)CN2S(=O)(=O)c2c(C)cc(C)cc2C)C1. The Morgan fingerprint density at radius 2 is 1.79 bits per heavy atom. The summed E-state index contributed by atoms with van der Waals surface area (Å²) in [5, 5.41) is 10.2. The molecule has 2 atom stereocenters. The van der Waals surface area contributed by atoms with Gasteiger partial charge in [0.1, 0.15) is 6.04 Å². The van der Waals surface area contributed by atoms with E-state index in [4.69, 9.17) is 4.74 Å². The highest BCUT2D eigenvalue weighted by Gasteiger charge is 2.47. The highest BCUT2D eigenvalue weighted by molar-refractivity contribution is 7.89. The van der Waals surface area contributed by atoms with E-state index in [9.17, 15) is 18.3 Å². The molecular weight excluding hydrogens is 392 g/mol. The number of hydrogen-bond acceptors (Lipinski definition) is 5. The van der Waals surface area contributed by atoms with Crippen molar-refractivity contribution < 1.29 is 23.1 Å². The molecule has 1 aromatic carbocycles. The second-order valence-corrected chi connectivity index (χ2v) is 10.2. The van der Waals surface area contributed by atoms with Gasteiger partial charge in [0, 0.05) is 32.7 Å². The number of aliphatic hydroxyl groups is 1. The van der Waals surface area contributed by atoms with Crippen LogP contribution in [0.1, 0.15) is 42.9 Å². The maximum absolute atomic E-state index is 13.5. The number of amides is 1.